The fraction of sp³-hybridized carbons (Fsp3) is 0.300. The number of halogens is 2. The number of likely N-dealkylation sites (N-methyl/N-ethyl adjacent to an activating group) is 1. The lowest BCUT2D eigenvalue weighted by Crippen LogP contribution is -2.36. The number of hydrogen-bond donors (Lipinski definition) is 0. The van der Waals surface area contributed by atoms with Crippen LogP contribution >= 0.6 is 35.3 Å². The van der Waals surface area contributed by atoms with Crippen LogP contribution in [0.4, 0.5) is 5.13 Å². The molecule has 27 heavy (non-hydrogen) atoms. The van der Waals surface area contributed by atoms with E-state index in [9.17, 15) is 4.79 Å². The minimum atomic E-state index is -0.0808. The molecule has 0 aliphatic rings. The maximum atomic E-state index is 13.2. The number of carbonyl (C=O) groups excluding carboxylic acids is 1. The zero-order valence-electron chi connectivity index (χ0n) is 15.8. The first-order chi connectivity index (χ1) is 12.3. The number of rotatable bonds is 5. The van der Waals surface area contributed by atoms with Gasteiger partial charge in [-0.2, -0.15) is 0 Å². The molecule has 0 saturated heterocycles. The van der Waals surface area contributed by atoms with E-state index >= 15 is 0 Å². The summed E-state index contributed by atoms with van der Waals surface area (Å²) in [6, 6.07) is 11.3. The minimum absolute atomic E-state index is 0. The maximum Gasteiger partial charge on any atom is 0.260 e. The van der Waals surface area contributed by atoms with Crippen molar-refractivity contribution in [3.8, 4) is 0 Å². The molecule has 2 aromatic carbocycles. The van der Waals surface area contributed by atoms with Crippen LogP contribution in [0.3, 0.4) is 0 Å². The van der Waals surface area contributed by atoms with Crippen molar-refractivity contribution in [2.24, 2.45) is 0 Å². The molecule has 3 rings (SSSR count). The van der Waals surface area contributed by atoms with Crippen molar-refractivity contribution < 1.29 is 4.79 Å². The third kappa shape index (κ3) is 4.99. The van der Waals surface area contributed by atoms with E-state index in [0.29, 0.717) is 17.1 Å². The third-order valence-corrected chi connectivity index (χ3v) is 5.40. The summed E-state index contributed by atoms with van der Waals surface area (Å²) in [4.78, 5) is 21.7. The Kier molecular flexibility index (Phi) is 7.23. The van der Waals surface area contributed by atoms with Gasteiger partial charge in [0.1, 0.15) is 0 Å². The molecule has 0 N–H and O–H groups in total. The summed E-state index contributed by atoms with van der Waals surface area (Å²) in [7, 11) is 3.99. The van der Waals surface area contributed by atoms with Crippen molar-refractivity contribution in [3.63, 3.8) is 0 Å². The number of aryl methyl sites for hydroxylation is 2. The molecule has 1 aromatic heterocycles. The van der Waals surface area contributed by atoms with Gasteiger partial charge in [-0.3, -0.25) is 9.69 Å². The Bertz CT molecular complexity index is 956. The molecule has 0 aliphatic heterocycles. The molecule has 0 radical (unpaired) electrons. The predicted octanol–water partition coefficient (Wildman–Crippen LogP) is 5.20. The lowest BCUT2D eigenvalue weighted by atomic mass is 10.1. The summed E-state index contributed by atoms with van der Waals surface area (Å²) in [6.45, 7) is 5.45. The minimum Gasteiger partial charge on any atom is -0.308 e. The van der Waals surface area contributed by atoms with Gasteiger partial charge in [-0.1, -0.05) is 35.1 Å². The molecule has 144 valence electrons. The summed E-state index contributed by atoms with van der Waals surface area (Å²) >= 11 is 7.63. The van der Waals surface area contributed by atoms with Gasteiger partial charge in [0, 0.05) is 23.7 Å². The second-order valence-electron chi connectivity index (χ2n) is 6.70. The van der Waals surface area contributed by atoms with E-state index in [1.165, 1.54) is 5.56 Å². The lowest BCUT2D eigenvalue weighted by Gasteiger charge is -2.22. The standard InChI is InChI=1S/C20H22ClN3OS.ClH/c1-13-10-14(2)18-17(11-13)26-20(22-18)24(9-8-23(3)4)19(25)15-6-5-7-16(21)12-15;/h5-7,10-12H,8-9H2,1-4H3;1H. The van der Waals surface area contributed by atoms with Gasteiger partial charge in [0.15, 0.2) is 5.13 Å². The molecular weight excluding hydrogens is 401 g/mol. The average Bonchev–Trinajstić information content (AvgIpc) is 2.98. The van der Waals surface area contributed by atoms with Gasteiger partial charge in [0.05, 0.1) is 10.2 Å². The van der Waals surface area contributed by atoms with Crippen molar-refractivity contribution in [2.75, 3.05) is 32.1 Å². The van der Waals surface area contributed by atoms with Crippen molar-refractivity contribution in [1.29, 1.82) is 0 Å². The van der Waals surface area contributed by atoms with Gasteiger partial charge in [0.2, 0.25) is 0 Å². The van der Waals surface area contributed by atoms with Crippen LogP contribution in [-0.4, -0.2) is 43.0 Å². The molecule has 7 heteroatoms. The summed E-state index contributed by atoms with van der Waals surface area (Å²) in [5.41, 5.74) is 3.87. The van der Waals surface area contributed by atoms with E-state index in [-0.39, 0.29) is 18.3 Å². The highest BCUT2D eigenvalue weighted by Crippen LogP contribution is 2.32. The van der Waals surface area contributed by atoms with E-state index < -0.39 is 0 Å². The van der Waals surface area contributed by atoms with E-state index in [2.05, 4.69) is 30.9 Å². The largest absolute Gasteiger partial charge is 0.308 e. The van der Waals surface area contributed by atoms with Gasteiger partial charge in [-0.25, -0.2) is 4.98 Å². The van der Waals surface area contributed by atoms with Crippen LogP contribution in [0.25, 0.3) is 10.2 Å². The number of hydrogen-bond acceptors (Lipinski definition) is 4. The van der Waals surface area contributed by atoms with E-state index in [1.54, 1.807) is 40.5 Å². The summed E-state index contributed by atoms with van der Waals surface area (Å²) in [5.74, 6) is -0.0808. The molecule has 0 spiro atoms. The zero-order valence-corrected chi connectivity index (χ0v) is 18.2. The molecule has 0 atom stereocenters. The monoisotopic (exact) mass is 423 g/mol. The van der Waals surface area contributed by atoms with Crippen LogP contribution < -0.4 is 4.90 Å². The Morgan fingerprint density at radius 1 is 1.15 bits per heavy atom. The summed E-state index contributed by atoms with van der Waals surface area (Å²) < 4.78 is 1.10. The molecule has 1 heterocycles. The van der Waals surface area contributed by atoms with E-state index in [1.807, 2.05) is 14.1 Å². The van der Waals surface area contributed by atoms with E-state index in [0.717, 1.165) is 27.5 Å². The first-order valence-electron chi connectivity index (χ1n) is 8.45. The smallest absolute Gasteiger partial charge is 0.260 e. The fourth-order valence-corrected chi connectivity index (χ4v) is 4.19. The van der Waals surface area contributed by atoms with Gasteiger partial charge < -0.3 is 4.90 Å². The maximum absolute atomic E-state index is 13.2. The highest BCUT2D eigenvalue weighted by molar-refractivity contribution is 7.22. The van der Waals surface area contributed by atoms with Crippen LogP contribution in [0.1, 0.15) is 21.5 Å². The van der Waals surface area contributed by atoms with Crippen molar-refractivity contribution >= 4 is 56.6 Å². The number of thiazole rings is 1. The molecule has 0 unspecified atom stereocenters. The van der Waals surface area contributed by atoms with Gasteiger partial charge in [-0.15, -0.1) is 12.4 Å². The Hall–Kier alpha value is -1.66. The number of amides is 1. The van der Waals surface area contributed by atoms with Crippen molar-refractivity contribution in [3.05, 3.63) is 58.1 Å². The molecule has 1 amide bonds. The number of anilines is 1. The van der Waals surface area contributed by atoms with Crippen LogP contribution in [-0.2, 0) is 0 Å². The molecule has 0 aliphatic carbocycles. The van der Waals surface area contributed by atoms with Crippen LogP contribution in [0.5, 0.6) is 0 Å². The molecule has 4 nitrogen and oxygen atoms in total. The molecule has 3 aromatic rings. The van der Waals surface area contributed by atoms with E-state index in [4.69, 9.17) is 16.6 Å². The van der Waals surface area contributed by atoms with Gasteiger partial charge in [-0.05, 0) is 63.3 Å². The zero-order chi connectivity index (χ0) is 18.8. The van der Waals surface area contributed by atoms with Gasteiger partial charge >= 0.3 is 0 Å². The highest BCUT2D eigenvalue weighted by Gasteiger charge is 2.22. The Morgan fingerprint density at radius 3 is 2.56 bits per heavy atom. The molecular formula is C20H23Cl2N3OS. The second-order valence-corrected chi connectivity index (χ2v) is 8.14. The summed E-state index contributed by atoms with van der Waals surface area (Å²) in [5, 5.41) is 1.28. The van der Waals surface area contributed by atoms with Crippen LogP contribution in [0, 0.1) is 13.8 Å². The van der Waals surface area contributed by atoms with Crippen LogP contribution in [0.2, 0.25) is 5.02 Å². The number of fused-ring (bicyclic) bond motifs is 1. The molecule has 0 bridgehead atoms. The number of nitrogens with zero attached hydrogens (tertiary/aromatic N) is 3. The SMILES string of the molecule is Cc1cc(C)c2nc(N(CCN(C)C)C(=O)c3cccc(Cl)c3)sc2c1.Cl. The second kappa shape index (κ2) is 9.02. The van der Waals surface area contributed by atoms with Crippen molar-refractivity contribution in [1.82, 2.24) is 9.88 Å². The predicted molar refractivity (Wildman–Crippen MR) is 118 cm³/mol. The fourth-order valence-electron chi connectivity index (χ4n) is 2.84. The van der Waals surface area contributed by atoms with Crippen molar-refractivity contribution in [2.45, 2.75) is 13.8 Å². The number of benzene rings is 2. The summed E-state index contributed by atoms with van der Waals surface area (Å²) in [6.07, 6.45) is 0. The lowest BCUT2D eigenvalue weighted by molar-refractivity contribution is 0.0985. The topological polar surface area (TPSA) is 36.4 Å². The normalized spacial score (nSPS) is 10.9. The first-order valence-corrected chi connectivity index (χ1v) is 9.64. The first kappa shape index (κ1) is 21.6. The Labute approximate surface area is 175 Å². The van der Waals surface area contributed by atoms with Crippen LogP contribution in [0.15, 0.2) is 36.4 Å². The Morgan fingerprint density at radius 2 is 1.89 bits per heavy atom. The Balaban J connectivity index is 0.00000261. The van der Waals surface area contributed by atoms with Gasteiger partial charge in [0.25, 0.3) is 5.91 Å². The average molecular weight is 424 g/mol. The number of aromatic nitrogens is 1. The highest BCUT2D eigenvalue weighted by atomic mass is 35.5. The molecule has 0 fully saturated rings. The quantitative estimate of drug-likeness (QED) is 0.565. The molecule has 0 saturated carbocycles. The third-order valence-electron chi connectivity index (χ3n) is 4.14. The number of carbonyl (C=O) groups is 1.